The number of benzene rings is 1. The Hall–Kier alpha value is -3.00. The summed E-state index contributed by atoms with van der Waals surface area (Å²) in [6.45, 7) is 6.62. The summed E-state index contributed by atoms with van der Waals surface area (Å²) in [4.78, 5) is 5.02. The van der Waals surface area contributed by atoms with Gasteiger partial charge in [0.15, 0.2) is 5.65 Å². The minimum Gasteiger partial charge on any atom is -0.497 e. The highest BCUT2D eigenvalue weighted by atomic mass is 16.5. The van der Waals surface area contributed by atoms with Crippen LogP contribution in [0.1, 0.15) is 35.9 Å². The number of hydrogen-bond acceptors (Lipinski definition) is 4. The van der Waals surface area contributed by atoms with Gasteiger partial charge in [0.25, 0.3) is 0 Å². The van der Waals surface area contributed by atoms with Crippen molar-refractivity contribution in [1.82, 2.24) is 14.6 Å². The molecule has 138 valence electrons. The third kappa shape index (κ3) is 2.91. The van der Waals surface area contributed by atoms with Crippen LogP contribution in [-0.2, 0) is 12.8 Å². The third-order valence-electron chi connectivity index (χ3n) is 5.19. The van der Waals surface area contributed by atoms with Crippen molar-refractivity contribution in [3.8, 4) is 28.7 Å². The molecule has 0 radical (unpaired) electrons. The van der Waals surface area contributed by atoms with Crippen LogP contribution in [0.5, 0.6) is 5.75 Å². The van der Waals surface area contributed by atoms with Gasteiger partial charge in [-0.05, 0) is 63.3 Å². The van der Waals surface area contributed by atoms with Gasteiger partial charge >= 0.3 is 0 Å². The van der Waals surface area contributed by atoms with Crippen LogP contribution in [0.3, 0.4) is 0 Å². The van der Waals surface area contributed by atoms with Gasteiger partial charge in [0.2, 0.25) is 0 Å². The molecular weight excluding hydrogens is 336 g/mol. The summed E-state index contributed by atoms with van der Waals surface area (Å²) in [6, 6.07) is 6.15. The molecule has 1 aliphatic carbocycles. The fraction of sp³-hybridized carbons (Fsp3) is 0.364. The van der Waals surface area contributed by atoms with Crippen LogP contribution in [0.25, 0.3) is 16.8 Å². The van der Waals surface area contributed by atoms with E-state index in [-0.39, 0.29) is 0 Å². The molecule has 0 saturated carbocycles. The highest BCUT2D eigenvalue weighted by molar-refractivity contribution is 5.83. The molecule has 1 N–H and O–H groups in total. The van der Waals surface area contributed by atoms with Gasteiger partial charge in [0, 0.05) is 16.8 Å². The lowest BCUT2D eigenvalue weighted by Gasteiger charge is -2.12. The molecule has 4 rings (SSSR count). The molecule has 0 unspecified atom stereocenters. The van der Waals surface area contributed by atoms with Crippen molar-refractivity contribution in [1.29, 1.82) is 0 Å². The van der Waals surface area contributed by atoms with E-state index in [0.29, 0.717) is 6.54 Å². The van der Waals surface area contributed by atoms with Gasteiger partial charge in [-0.15, -0.1) is 5.92 Å². The van der Waals surface area contributed by atoms with E-state index in [2.05, 4.69) is 43.1 Å². The standard InChI is InChI=1S/C22H24N4O/c1-5-6-12-23-21-18-8-7-9-19(18)24-22-20(15(3)25-26(21)22)17-11-10-16(27-4)13-14(17)2/h10-11,13,23H,7-9,12H2,1-4H3. The largest absolute Gasteiger partial charge is 0.497 e. The van der Waals surface area contributed by atoms with Crippen LogP contribution >= 0.6 is 0 Å². The lowest BCUT2D eigenvalue weighted by Crippen LogP contribution is -2.10. The van der Waals surface area contributed by atoms with Crippen molar-refractivity contribution in [2.45, 2.75) is 40.0 Å². The van der Waals surface area contributed by atoms with Gasteiger partial charge < -0.3 is 10.1 Å². The van der Waals surface area contributed by atoms with E-state index >= 15 is 0 Å². The van der Waals surface area contributed by atoms with Crippen molar-refractivity contribution in [2.24, 2.45) is 0 Å². The van der Waals surface area contributed by atoms with E-state index in [0.717, 1.165) is 58.9 Å². The number of aryl methyl sites for hydroxylation is 3. The molecule has 1 aromatic carbocycles. The van der Waals surface area contributed by atoms with Gasteiger partial charge in [-0.1, -0.05) is 12.0 Å². The normalized spacial score (nSPS) is 12.6. The van der Waals surface area contributed by atoms with E-state index in [4.69, 9.17) is 14.8 Å². The smallest absolute Gasteiger partial charge is 0.165 e. The Bertz CT molecular complexity index is 1090. The quantitative estimate of drug-likeness (QED) is 0.716. The molecule has 0 fully saturated rings. The van der Waals surface area contributed by atoms with Crippen LogP contribution in [0.2, 0.25) is 0 Å². The van der Waals surface area contributed by atoms with Crippen LogP contribution in [0, 0.1) is 25.7 Å². The second-order valence-corrected chi connectivity index (χ2v) is 6.90. The van der Waals surface area contributed by atoms with Crippen LogP contribution in [0.4, 0.5) is 5.82 Å². The minimum atomic E-state index is 0.609. The molecule has 0 spiro atoms. The number of nitrogens with zero attached hydrogens (tertiary/aromatic N) is 3. The fourth-order valence-corrected chi connectivity index (χ4v) is 3.89. The first-order valence-corrected chi connectivity index (χ1v) is 9.33. The van der Waals surface area contributed by atoms with E-state index in [1.165, 1.54) is 11.3 Å². The average Bonchev–Trinajstić information content (AvgIpc) is 3.25. The number of methoxy groups -OCH3 is 1. The molecule has 0 atom stereocenters. The van der Waals surface area contributed by atoms with Gasteiger partial charge in [0.1, 0.15) is 11.6 Å². The number of aromatic nitrogens is 3. The SMILES string of the molecule is CC#CCNc1c2c(nc3c(-c4ccc(OC)cc4C)c(C)nn13)CCC2. The topological polar surface area (TPSA) is 51.5 Å². The van der Waals surface area contributed by atoms with Crippen LogP contribution in [0.15, 0.2) is 18.2 Å². The van der Waals surface area contributed by atoms with Gasteiger partial charge in [-0.2, -0.15) is 9.61 Å². The Morgan fingerprint density at radius 2 is 2.11 bits per heavy atom. The summed E-state index contributed by atoms with van der Waals surface area (Å²) in [5.41, 5.74) is 7.74. The number of ether oxygens (including phenoxy) is 1. The molecular formula is C22H24N4O. The first-order valence-electron chi connectivity index (χ1n) is 9.33. The van der Waals surface area contributed by atoms with Gasteiger partial charge in [-0.3, -0.25) is 0 Å². The third-order valence-corrected chi connectivity index (χ3v) is 5.19. The highest BCUT2D eigenvalue weighted by Gasteiger charge is 2.24. The zero-order valence-electron chi connectivity index (χ0n) is 16.3. The predicted octanol–water partition coefficient (Wildman–Crippen LogP) is 3.95. The zero-order valence-corrected chi connectivity index (χ0v) is 16.3. The van der Waals surface area contributed by atoms with Crippen molar-refractivity contribution >= 4 is 11.5 Å². The first-order chi connectivity index (χ1) is 13.1. The number of anilines is 1. The fourth-order valence-electron chi connectivity index (χ4n) is 3.89. The van der Waals surface area contributed by atoms with Crippen molar-refractivity contribution in [3.63, 3.8) is 0 Å². The Balaban J connectivity index is 1.94. The molecule has 0 bridgehead atoms. The second-order valence-electron chi connectivity index (χ2n) is 6.90. The summed E-state index contributed by atoms with van der Waals surface area (Å²) in [6.07, 6.45) is 3.20. The van der Waals surface area contributed by atoms with E-state index in [1.807, 2.05) is 17.5 Å². The number of rotatable bonds is 4. The zero-order chi connectivity index (χ0) is 19.0. The lowest BCUT2D eigenvalue weighted by atomic mass is 10.0. The summed E-state index contributed by atoms with van der Waals surface area (Å²) >= 11 is 0. The minimum absolute atomic E-state index is 0.609. The molecule has 0 aliphatic heterocycles. The molecule has 5 heteroatoms. The van der Waals surface area contributed by atoms with Crippen LogP contribution < -0.4 is 10.1 Å². The molecule has 27 heavy (non-hydrogen) atoms. The number of nitrogens with one attached hydrogen (secondary N) is 1. The predicted molar refractivity (Wildman–Crippen MR) is 108 cm³/mol. The lowest BCUT2D eigenvalue weighted by molar-refractivity contribution is 0.414. The maximum Gasteiger partial charge on any atom is 0.165 e. The molecule has 0 saturated heterocycles. The van der Waals surface area contributed by atoms with E-state index in [9.17, 15) is 0 Å². The van der Waals surface area contributed by atoms with Gasteiger partial charge in [-0.25, -0.2) is 4.98 Å². The Kier molecular flexibility index (Phi) is 4.49. The maximum atomic E-state index is 5.36. The maximum absolute atomic E-state index is 5.36. The summed E-state index contributed by atoms with van der Waals surface area (Å²) in [5, 5.41) is 8.32. The number of hydrogen-bond donors (Lipinski definition) is 1. The van der Waals surface area contributed by atoms with Crippen molar-refractivity contribution < 1.29 is 4.74 Å². The van der Waals surface area contributed by atoms with Crippen molar-refractivity contribution in [3.05, 3.63) is 40.7 Å². The second kappa shape index (κ2) is 6.96. The molecule has 3 aromatic rings. The Labute approximate surface area is 159 Å². The monoisotopic (exact) mass is 360 g/mol. The Morgan fingerprint density at radius 1 is 1.26 bits per heavy atom. The van der Waals surface area contributed by atoms with Crippen LogP contribution in [-0.4, -0.2) is 28.3 Å². The number of fused-ring (bicyclic) bond motifs is 2. The molecule has 0 amide bonds. The van der Waals surface area contributed by atoms with Gasteiger partial charge in [0.05, 0.1) is 19.3 Å². The summed E-state index contributed by atoms with van der Waals surface area (Å²) in [7, 11) is 1.69. The first kappa shape index (κ1) is 17.4. The summed E-state index contributed by atoms with van der Waals surface area (Å²) < 4.78 is 7.33. The highest BCUT2D eigenvalue weighted by Crippen LogP contribution is 2.36. The molecule has 2 heterocycles. The Morgan fingerprint density at radius 3 is 2.85 bits per heavy atom. The molecule has 2 aromatic heterocycles. The molecule has 5 nitrogen and oxygen atoms in total. The average molecular weight is 360 g/mol. The molecule has 1 aliphatic rings. The van der Waals surface area contributed by atoms with E-state index < -0.39 is 0 Å². The van der Waals surface area contributed by atoms with Crippen molar-refractivity contribution in [2.75, 3.05) is 19.0 Å². The summed E-state index contributed by atoms with van der Waals surface area (Å²) in [5.74, 6) is 7.93. The van der Waals surface area contributed by atoms with E-state index in [1.54, 1.807) is 7.11 Å².